The molecule has 3 rings (SSSR count). The number of hydrogen-bond donors (Lipinski definition) is 2. The Hall–Kier alpha value is -4.60. The van der Waals surface area contributed by atoms with E-state index in [-0.39, 0.29) is 16.8 Å². The van der Waals surface area contributed by atoms with Crippen LogP contribution in [0.15, 0.2) is 72.8 Å². The van der Waals surface area contributed by atoms with Crippen LogP contribution < -0.4 is 10.6 Å². The SMILES string of the molecule is O=C(NCCc1ccccc1)c1ccccc1NC(=O)c1ccc([N+](=O)[O-])cc1[N+](=O)[O-]. The first-order valence-electron chi connectivity index (χ1n) is 9.52. The van der Waals surface area contributed by atoms with Crippen LogP contribution in [0.5, 0.6) is 0 Å². The summed E-state index contributed by atoms with van der Waals surface area (Å²) in [6.07, 6.45) is 0.621. The number of nitrogens with one attached hydrogen (secondary N) is 2. The molecule has 162 valence electrons. The van der Waals surface area contributed by atoms with Gasteiger partial charge in [0, 0.05) is 12.6 Å². The van der Waals surface area contributed by atoms with Crippen molar-refractivity contribution in [1.82, 2.24) is 5.32 Å². The van der Waals surface area contributed by atoms with Gasteiger partial charge < -0.3 is 10.6 Å². The number of rotatable bonds is 8. The van der Waals surface area contributed by atoms with E-state index < -0.39 is 33.0 Å². The van der Waals surface area contributed by atoms with E-state index in [9.17, 15) is 29.8 Å². The molecule has 0 aliphatic heterocycles. The van der Waals surface area contributed by atoms with Crippen molar-refractivity contribution >= 4 is 28.9 Å². The van der Waals surface area contributed by atoms with E-state index >= 15 is 0 Å². The summed E-state index contributed by atoms with van der Waals surface area (Å²) >= 11 is 0. The third-order valence-electron chi connectivity index (χ3n) is 4.60. The molecule has 0 aromatic heterocycles. The minimum Gasteiger partial charge on any atom is -0.352 e. The van der Waals surface area contributed by atoms with E-state index in [0.717, 1.165) is 23.8 Å². The maximum Gasteiger partial charge on any atom is 0.289 e. The summed E-state index contributed by atoms with van der Waals surface area (Å²) < 4.78 is 0. The van der Waals surface area contributed by atoms with Crippen molar-refractivity contribution in [3.63, 3.8) is 0 Å². The van der Waals surface area contributed by atoms with Crippen molar-refractivity contribution in [1.29, 1.82) is 0 Å². The Bertz CT molecular complexity index is 1180. The Morgan fingerprint density at radius 3 is 2.16 bits per heavy atom. The van der Waals surface area contributed by atoms with E-state index in [1.807, 2.05) is 30.3 Å². The summed E-state index contributed by atoms with van der Waals surface area (Å²) in [7, 11) is 0. The van der Waals surface area contributed by atoms with Gasteiger partial charge in [-0.05, 0) is 30.2 Å². The van der Waals surface area contributed by atoms with Crippen LogP contribution in [0.3, 0.4) is 0 Å². The lowest BCUT2D eigenvalue weighted by molar-refractivity contribution is -0.394. The van der Waals surface area contributed by atoms with Gasteiger partial charge in [0.2, 0.25) is 0 Å². The summed E-state index contributed by atoms with van der Waals surface area (Å²) in [5.41, 5.74) is -0.187. The Kier molecular flexibility index (Phi) is 6.86. The molecule has 0 aliphatic carbocycles. The number of nitro benzene ring substituents is 2. The van der Waals surface area contributed by atoms with Crippen molar-refractivity contribution in [3.05, 3.63) is 110 Å². The molecule has 2 amide bonds. The molecule has 32 heavy (non-hydrogen) atoms. The molecule has 0 heterocycles. The normalized spacial score (nSPS) is 10.2. The summed E-state index contributed by atoms with van der Waals surface area (Å²) in [4.78, 5) is 45.8. The van der Waals surface area contributed by atoms with Gasteiger partial charge in [0.15, 0.2) is 0 Å². The molecule has 0 bridgehead atoms. The van der Waals surface area contributed by atoms with Gasteiger partial charge in [-0.1, -0.05) is 42.5 Å². The molecular weight excluding hydrogens is 416 g/mol. The Morgan fingerprint density at radius 1 is 0.781 bits per heavy atom. The summed E-state index contributed by atoms with van der Waals surface area (Å²) in [6.45, 7) is 0.374. The highest BCUT2D eigenvalue weighted by atomic mass is 16.6. The Balaban J connectivity index is 1.76. The second-order valence-electron chi connectivity index (χ2n) is 6.71. The first-order valence-corrected chi connectivity index (χ1v) is 9.52. The van der Waals surface area contributed by atoms with E-state index in [1.165, 1.54) is 12.1 Å². The fourth-order valence-electron chi connectivity index (χ4n) is 3.02. The molecule has 0 fully saturated rings. The number of carbonyl (C=O) groups is 2. The van der Waals surface area contributed by atoms with Crippen LogP contribution in [-0.2, 0) is 6.42 Å². The minimum absolute atomic E-state index is 0.155. The third kappa shape index (κ3) is 5.30. The molecule has 3 aromatic rings. The molecule has 10 heteroatoms. The van der Waals surface area contributed by atoms with Gasteiger partial charge in [0.05, 0.1) is 27.2 Å². The maximum absolute atomic E-state index is 12.7. The number of nitrogens with zero attached hydrogens (tertiary/aromatic N) is 2. The molecule has 0 unspecified atom stereocenters. The summed E-state index contributed by atoms with van der Waals surface area (Å²) in [5, 5.41) is 27.4. The van der Waals surface area contributed by atoms with E-state index in [0.29, 0.717) is 13.0 Å². The molecule has 3 aromatic carbocycles. The lowest BCUT2D eigenvalue weighted by Crippen LogP contribution is -2.27. The molecule has 0 saturated carbocycles. The number of benzene rings is 3. The topological polar surface area (TPSA) is 144 Å². The number of non-ortho nitro benzene ring substituents is 1. The van der Waals surface area contributed by atoms with E-state index in [4.69, 9.17) is 0 Å². The van der Waals surface area contributed by atoms with Crippen LogP contribution in [0.4, 0.5) is 17.1 Å². The fourth-order valence-corrected chi connectivity index (χ4v) is 3.02. The molecule has 0 radical (unpaired) electrons. The minimum atomic E-state index is -0.871. The molecular formula is C22H18N4O6. The van der Waals surface area contributed by atoms with Crippen molar-refractivity contribution in [2.45, 2.75) is 6.42 Å². The zero-order valence-electron chi connectivity index (χ0n) is 16.7. The van der Waals surface area contributed by atoms with Gasteiger partial charge in [0.25, 0.3) is 23.2 Å². The van der Waals surface area contributed by atoms with Gasteiger partial charge in [-0.3, -0.25) is 29.8 Å². The zero-order valence-corrected chi connectivity index (χ0v) is 16.7. The highest BCUT2D eigenvalue weighted by molar-refractivity contribution is 6.10. The number of hydrogen-bond acceptors (Lipinski definition) is 6. The average molecular weight is 434 g/mol. The largest absolute Gasteiger partial charge is 0.352 e. The van der Waals surface area contributed by atoms with Crippen molar-refractivity contribution in [2.75, 3.05) is 11.9 Å². The standard InChI is InChI=1S/C22H18N4O6/c27-21(23-13-12-15-6-2-1-3-7-15)17-8-4-5-9-19(17)24-22(28)18-11-10-16(25(29)30)14-20(18)26(31)32/h1-11,14H,12-13H2,(H,23,27)(H,24,28). The lowest BCUT2D eigenvalue weighted by Gasteiger charge is -2.12. The number of nitro groups is 2. The Morgan fingerprint density at radius 2 is 1.47 bits per heavy atom. The van der Waals surface area contributed by atoms with Crippen LogP contribution in [0.2, 0.25) is 0 Å². The molecule has 0 atom stereocenters. The predicted octanol–water partition coefficient (Wildman–Crippen LogP) is 3.73. The fraction of sp³-hybridized carbons (Fsp3) is 0.0909. The van der Waals surface area contributed by atoms with Crippen molar-refractivity contribution < 1.29 is 19.4 Å². The number of anilines is 1. The van der Waals surface area contributed by atoms with Crippen LogP contribution in [-0.4, -0.2) is 28.2 Å². The van der Waals surface area contributed by atoms with Gasteiger partial charge in [-0.15, -0.1) is 0 Å². The summed E-state index contributed by atoms with van der Waals surface area (Å²) in [6, 6.07) is 18.5. The average Bonchev–Trinajstić information content (AvgIpc) is 2.79. The molecule has 2 N–H and O–H groups in total. The third-order valence-corrected chi connectivity index (χ3v) is 4.60. The molecule has 0 saturated heterocycles. The van der Waals surface area contributed by atoms with Gasteiger partial charge in [0.1, 0.15) is 5.56 Å². The highest BCUT2D eigenvalue weighted by Crippen LogP contribution is 2.26. The zero-order chi connectivity index (χ0) is 23.1. The first kappa shape index (κ1) is 22.1. The molecule has 0 aliphatic rings. The number of carbonyl (C=O) groups excluding carboxylic acids is 2. The highest BCUT2D eigenvalue weighted by Gasteiger charge is 2.25. The van der Waals surface area contributed by atoms with E-state index in [1.54, 1.807) is 12.1 Å². The lowest BCUT2D eigenvalue weighted by atomic mass is 10.1. The number of amides is 2. The van der Waals surface area contributed by atoms with Crippen molar-refractivity contribution in [2.24, 2.45) is 0 Å². The quantitative estimate of drug-likeness (QED) is 0.408. The van der Waals surface area contributed by atoms with Crippen LogP contribution in [0.25, 0.3) is 0 Å². The smallest absolute Gasteiger partial charge is 0.289 e. The Labute approximate surface area is 182 Å². The van der Waals surface area contributed by atoms with Crippen LogP contribution in [0.1, 0.15) is 26.3 Å². The van der Waals surface area contributed by atoms with Gasteiger partial charge in [-0.25, -0.2) is 0 Å². The van der Waals surface area contributed by atoms with Gasteiger partial charge >= 0.3 is 0 Å². The van der Waals surface area contributed by atoms with Gasteiger partial charge in [-0.2, -0.15) is 0 Å². The van der Waals surface area contributed by atoms with Crippen LogP contribution >= 0.6 is 0 Å². The second-order valence-corrected chi connectivity index (χ2v) is 6.71. The molecule has 10 nitrogen and oxygen atoms in total. The van der Waals surface area contributed by atoms with Crippen LogP contribution in [0, 0.1) is 20.2 Å². The summed E-state index contributed by atoms with van der Waals surface area (Å²) in [5.74, 6) is -1.29. The maximum atomic E-state index is 12.7. The van der Waals surface area contributed by atoms with Crippen molar-refractivity contribution in [3.8, 4) is 0 Å². The monoisotopic (exact) mass is 434 g/mol. The first-order chi connectivity index (χ1) is 15.4. The predicted molar refractivity (Wildman–Crippen MR) is 117 cm³/mol. The van der Waals surface area contributed by atoms with E-state index in [2.05, 4.69) is 10.6 Å². The molecule has 0 spiro atoms. The second kappa shape index (κ2) is 9.94. The number of para-hydroxylation sites is 1.